The van der Waals surface area contributed by atoms with Crippen LogP contribution in [0.4, 0.5) is 0 Å². The second-order valence-corrected chi connectivity index (χ2v) is 6.02. The molecule has 100 valence electrons. The Hall–Kier alpha value is -1.08. The standard InChI is InChI=1S/C11H19N5OS/c1-13-11(9(12)17)5-3-4-8(6-11)18-10-15-14-7-16(10)2/h7-8,13H,3-6H2,1-2H3,(H2,12,17). The molecule has 2 unspecified atom stereocenters. The number of aryl methyl sites for hydroxylation is 1. The summed E-state index contributed by atoms with van der Waals surface area (Å²) in [5.41, 5.74) is 4.97. The van der Waals surface area contributed by atoms with Crippen molar-refractivity contribution in [1.82, 2.24) is 20.1 Å². The van der Waals surface area contributed by atoms with Gasteiger partial charge < -0.3 is 15.6 Å². The van der Waals surface area contributed by atoms with Gasteiger partial charge in [-0.3, -0.25) is 4.79 Å². The molecule has 3 N–H and O–H groups in total. The van der Waals surface area contributed by atoms with Crippen molar-refractivity contribution >= 4 is 17.7 Å². The summed E-state index contributed by atoms with van der Waals surface area (Å²) in [7, 11) is 3.73. The molecule has 1 aromatic rings. The zero-order chi connectivity index (χ0) is 13.2. The molecular weight excluding hydrogens is 250 g/mol. The summed E-state index contributed by atoms with van der Waals surface area (Å²) >= 11 is 1.67. The van der Waals surface area contributed by atoms with Crippen LogP contribution in [0.5, 0.6) is 0 Å². The Morgan fingerprint density at radius 3 is 3.06 bits per heavy atom. The Morgan fingerprint density at radius 2 is 2.50 bits per heavy atom. The molecule has 0 spiro atoms. The third-order valence-electron chi connectivity index (χ3n) is 3.60. The number of hydrogen-bond acceptors (Lipinski definition) is 5. The summed E-state index contributed by atoms with van der Waals surface area (Å²) in [6.07, 6.45) is 5.32. The van der Waals surface area contributed by atoms with Crippen LogP contribution in [0.15, 0.2) is 11.5 Å². The second-order valence-electron chi connectivity index (χ2n) is 4.76. The number of amides is 1. The molecule has 1 aliphatic carbocycles. The molecule has 18 heavy (non-hydrogen) atoms. The first-order chi connectivity index (χ1) is 8.57. The van der Waals surface area contributed by atoms with Crippen molar-refractivity contribution in [1.29, 1.82) is 0 Å². The predicted molar refractivity (Wildman–Crippen MR) is 70.1 cm³/mol. The highest BCUT2D eigenvalue weighted by molar-refractivity contribution is 7.99. The SMILES string of the molecule is CNC1(C(N)=O)CCCC(Sc2nncn2C)C1. The van der Waals surface area contributed by atoms with E-state index in [0.29, 0.717) is 5.25 Å². The third kappa shape index (κ3) is 2.51. The lowest BCUT2D eigenvalue weighted by Crippen LogP contribution is -2.57. The number of likely N-dealkylation sites (N-methyl/N-ethyl adjacent to an activating group) is 1. The molecule has 6 nitrogen and oxygen atoms in total. The number of hydrogen-bond donors (Lipinski definition) is 2. The molecule has 7 heteroatoms. The van der Waals surface area contributed by atoms with Gasteiger partial charge in [0.2, 0.25) is 5.91 Å². The van der Waals surface area contributed by atoms with Gasteiger partial charge in [0.1, 0.15) is 6.33 Å². The molecule has 0 radical (unpaired) electrons. The van der Waals surface area contributed by atoms with E-state index in [9.17, 15) is 4.79 Å². The second kappa shape index (κ2) is 5.27. The van der Waals surface area contributed by atoms with E-state index >= 15 is 0 Å². The normalized spacial score (nSPS) is 28.2. The molecule has 2 atom stereocenters. The quantitative estimate of drug-likeness (QED) is 0.820. The van der Waals surface area contributed by atoms with Crippen LogP contribution in [0.1, 0.15) is 25.7 Å². The number of primary amides is 1. The van der Waals surface area contributed by atoms with Crippen LogP contribution in [0, 0.1) is 0 Å². The van der Waals surface area contributed by atoms with E-state index in [1.54, 1.807) is 25.1 Å². The third-order valence-corrected chi connectivity index (χ3v) is 4.91. The fourth-order valence-corrected chi connectivity index (χ4v) is 3.69. The Labute approximate surface area is 111 Å². The van der Waals surface area contributed by atoms with Gasteiger partial charge in [-0.25, -0.2) is 0 Å². The molecule has 1 saturated carbocycles. The number of nitrogens with one attached hydrogen (secondary N) is 1. The molecule has 1 fully saturated rings. The van der Waals surface area contributed by atoms with Gasteiger partial charge in [0.05, 0.1) is 5.54 Å². The van der Waals surface area contributed by atoms with E-state index in [-0.39, 0.29) is 5.91 Å². The number of nitrogens with zero attached hydrogens (tertiary/aromatic N) is 3. The number of thioether (sulfide) groups is 1. The van der Waals surface area contributed by atoms with Crippen LogP contribution in [0.2, 0.25) is 0 Å². The highest BCUT2D eigenvalue weighted by atomic mass is 32.2. The van der Waals surface area contributed by atoms with Crippen molar-refractivity contribution in [2.45, 2.75) is 41.6 Å². The first-order valence-corrected chi connectivity index (χ1v) is 6.95. The molecule has 1 aliphatic rings. The largest absolute Gasteiger partial charge is 0.368 e. The van der Waals surface area contributed by atoms with E-state index < -0.39 is 5.54 Å². The maximum atomic E-state index is 11.6. The summed E-state index contributed by atoms with van der Waals surface area (Å²) < 4.78 is 1.89. The van der Waals surface area contributed by atoms with Crippen molar-refractivity contribution in [2.24, 2.45) is 12.8 Å². The van der Waals surface area contributed by atoms with Crippen LogP contribution < -0.4 is 11.1 Å². The smallest absolute Gasteiger partial charge is 0.237 e. The van der Waals surface area contributed by atoms with E-state index in [1.165, 1.54) is 0 Å². The van der Waals surface area contributed by atoms with Crippen LogP contribution in [0.25, 0.3) is 0 Å². The summed E-state index contributed by atoms with van der Waals surface area (Å²) in [4.78, 5) is 11.6. The van der Waals surface area contributed by atoms with Gasteiger partial charge in [0.15, 0.2) is 5.16 Å². The average Bonchev–Trinajstić information content (AvgIpc) is 2.75. The van der Waals surface area contributed by atoms with Crippen molar-refractivity contribution in [2.75, 3.05) is 7.05 Å². The van der Waals surface area contributed by atoms with Gasteiger partial charge in [-0.05, 0) is 32.7 Å². The summed E-state index contributed by atoms with van der Waals surface area (Å²) in [6, 6.07) is 0. The van der Waals surface area contributed by atoms with Crippen LogP contribution in [0.3, 0.4) is 0 Å². The monoisotopic (exact) mass is 269 g/mol. The molecule has 0 aliphatic heterocycles. The number of carbonyl (C=O) groups excluding carboxylic acids is 1. The van der Waals surface area contributed by atoms with Gasteiger partial charge >= 0.3 is 0 Å². The lowest BCUT2D eigenvalue weighted by atomic mass is 9.81. The predicted octanol–water partition coefficient (Wildman–Crippen LogP) is 0.293. The number of aromatic nitrogens is 3. The Balaban J connectivity index is 2.07. The summed E-state index contributed by atoms with van der Waals surface area (Å²) in [5, 5.41) is 12.3. The molecule has 0 aromatic carbocycles. The average molecular weight is 269 g/mol. The van der Waals surface area contributed by atoms with E-state index in [1.807, 2.05) is 11.6 Å². The van der Waals surface area contributed by atoms with Crippen LogP contribution >= 0.6 is 11.8 Å². The Morgan fingerprint density at radius 1 is 1.72 bits per heavy atom. The van der Waals surface area contributed by atoms with Gasteiger partial charge in [0.25, 0.3) is 0 Å². The van der Waals surface area contributed by atoms with Gasteiger partial charge in [0, 0.05) is 12.3 Å². The maximum Gasteiger partial charge on any atom is 0.237 e. The van der Waals surface area contributed by atoms with Crippen molar-refractivity contribution in [3.05, 3.63) is 6.33 Å². The molecular formula is C11H19N5OS. The van der Waals surface area contributed by atoms with Gasteiger partial charge in [-0.2, -0.15) is 0 Å². The van der Waals surface area contributed by atoms with Crippen molar-refractivity contribution in [3.63, 3.8) is 0 Å². The number of carbonyl (C=O) groups is 1. The molecule has 1 amide bonds. The van der Waals surface area contributed by atoms with Crippen LogP contribution in [-0.4, -0.2) is 38.5 Å². The van der Waals surface area contributed by atoms with Gasteiger partial charge in [-0.1, -0.05) is 11.8 Å². The van der Waals surface area contributed by atoms with Crippen LogP contribution in [-0.2, 0) is 11.8 Å². The lowest BCUT2D eigenvalue weighted by molar-refractivity contribution is -0.125. The summed E-state index contributed by atoms with van der Waals surface area (Å²) in [6.45, 7) is 0. The molecule has 0 bridgehead atoms. The minimum atomic E-state index is -0.561. The highest BCUT2D eigenvalue weighted by Crippen LogP contribution is 2.37. The summed E-state index contributed by atoms with van der Waals surface area (Å²) in [5.74, 6) is -0.256. The van der Waals surface area contributed by atoms with Gasteiger partial charge in [-0.15, -0.1) is 10.2 Å². The number of nitrogens with two attached hydrogens (primary N) is 1. The Bertz CT molecular complexity index is 435. The first-order valence-electron chi connectivity index (χ1n) is 6.07. The van der Waals surface area contributed by atoms with Crippen molar-refractivity contribution < 1.29 is 4.79 Å². The van der Waals surface area contributed by atoms with E-state index in [4.69, 9.17) is 5.73 Å². The number of rotatable bonds is 4. The fourth-order valence-electron chi connectivity index (χ4n) is 2.43. The lowest BCUT2D eigenvalue weighted by Gasteiger charge is -2.37. The minimum absolute atomic E-state index is 0.256. The molecule has 0 saturated heterocycles. The van der Waals surface area contributed by atoms with Crippen molar-refractivity contribution in [3.8, 4) is 0 Å². The molecule has 1 heterocycles. The van der Waals surface area contributed by atoms with E-state index in [0.717, 1.165) is 30.8 Å². The first kappa shape index (κ1) is 13.4. The molecule has 1 aromatic heterocycles. The van der Waals surface area contributed by atoms with E-state index in [2.05, 4.69) is 15.5 Å². The maximum absolute atomic E-state index is 11.6. The zero-order valence-electron chi connectivity index (χ0n) is 10.7. The molecule has 2 rings (SSSR count). The topological polar surface area (TPSA) is 85.8 Å². The Kier molecular flexibility index (Phi) is 3.91. The minimum Gasteiger partial charge on any atom is -0.368 e. The highest BCUT2D eigenvalue weighted by Gasteiger charge is 2.40. The zero-order valence-corrected chi connectivity index (χ0v) is 11.5. The fraction of sp³-hybridized carbons (Fsp3) is 0.727.